The molecule has 0 saturated heterocycles. The third-order valence-corrected chi connectivity index (χ3v) is 4.35. The first-order valence-corrected chi connectivity index (χ1v) is 7.85. The Kier molecular flexibility index (Phi) is 4.24. The Hall–Kier alpha value is -2.14. The molecule has 0 unspecified atom stereocenters. The zero-order valence-corrected chi connectivity index (χ0v) is 12.9. The van der Waals surface area contributed by atoms with Crippen molar-refractivity contribution >= 4 is 5.91 Å². The second-order valence-electron chi connectivity index (χ2n) is 5.75. The maximum Gasteiger partial charge on any atom is 0.248 e. The van der Waals surface area contributed by atoms with E-state index in [2.05, 4.69) is 22.0 Å². The first-order valence-electron chi connectivity index (χ1n) is 7.85. The summed E-state index contributed by atoms with van der Waals surface area (Å²) in [5.41, 5.74) is 9.67. The number of benzene rings is 1. The van der Waals surface area contributed by atoms with Crippen LogP contribution in [-0.4, -0.2) is 15.7 Å². The van der Waals surface area contributed by atoms with Gasteiger partial charge in [-0.3, -0.25) is 9.48 Å². The van der Waals surface area contributed by atoms with E-state index in [4.69, 9.17) is 5.73 Å². The minimum atomic E-state index is -0.386. The molecule has 22 heavy (non-hydrogen) atoms. The van der Waals surface area contributed by atoms with Gasteiger partial charge >= 0.3 is 0 Å². The Morgan fingerprint density at radius 1 is 1.41 bits per heavy atom. The van der Waals surface area contributed by atoms with Crippen LogP contribution in [0.15, 0.2) is 30.5 Å². The highest BCUT2D eigenvalue weighted by Crippen LogP contribution is 2.29. The molecule has 116 valence electrons. The number of nitrogens with zero attached hydrogens (tertiary/aromatic N) is 2. The van der Waals surface area contributed by atoms with Crippen molar-refractivity contribution in [2.45, 2.75) is 45.3 Å². The number of aryl methyl sites for hydroxylation is 1. The molecule has 1 amide bonds. The van der Waals surface area contributed by atoms with Gasteiger partial charge in [0.05, 0.1) is 6.20 Å². The molecule has 0 radical (unpaired) electrons. The van der Waals surface area contributed by atoms with Crippen LogP contribution in [0.3, 0.4) is 0 Å². The predicted molar refractivity (Wildman–Crippen MR) is 85.4 cm³/mol. The normalized spacial score (nSPS) is 17.2. The van der Waals surface area contributed by atoms with Crippen molar-refractivity contribution in [3.8, 4) is 0 Å². The zero-order chi connectivity index (χ0) is 15.5. The van der Waals surface area contributed by atoms with Gasteiger partial charge in [0.25, 0.3) is 0 Å². The molecule has 0 fully saturated rings. The van der Waals surface area contributed by atoms with Crippen LogP contribution in [0, 0.1) is 0 Å². The fourth-order valence-corrected chi connectivity index (χ4v) is 3.13. The molecular weight excluding hydrogens is 276 g/mol. The van der Waals surface area contributed by atoms with Crippen LogP contribution in [0.25, 0.3) is 0 Å². The highest BCUT2D eigenvalue weighted by atomic mass is 16.1. The molecule has 3 rings (SSSR count). The minimum Gasteiger partial charge on any atom is -0.366 e. The molecular formula is C17H22N4O. The lowest BCUT2D eigenvalue weighted by Gasteiger charge is -2.24. The van der Waals surface area contributed by atoms with Gasteiger partial charge in [-0.15, -0.1) is 0 Å². The topological polar surface area (TPSA) is 72.9 Å². The number of rotatable bonds is 5. The van der Waals surface area contributed by atoms with E-state index in [-0.39, 0.29) is 5.91 Å². The van der Waals surface area contributed by atoms with Gasteiger partial charge in [-0.25, -0.2) is 0 Å². The summed E-state index contributed by atoms with van der Waals surface area (Å²) >= 11 is 0. The lowest BCUT2D eigenvalue weighted by molar-refractivity contribution is 0.100. The van der Waals surface area contributed by atoms with Crippen molar-refractivity contribution in [1.82, 2.24) is 15.1 Å². The molecule has 1 aromatic heterocycles. The molecule has 3 N–H and O–H groups in total. The van der Waals surface area contributed by atoms with Crippen LogP contribution in [-0.2, 0) is 19.5 Å². The monoisotopic (exact) mass is 298 g/mol. The lowest BCUT2D eigenvalue weighted by Crippen LogP contribution is -2.25. The molecule has 0 bridgehead atoms. The Morgan fingerprint density at radius 2 is 2.18 bits per heavy atom. The smallest absolute Gasteiger partial charge is 0.248 e. The summed E-state index contributed by atoms with van der Waals surface area (Å²) in [4.78, 5) is 11.1. The molecule has 0 saturated carbocycles. The number of hydrogen-bond acceptors (Lipinski definition) is 3. The number of primary amides is 1. The van der Waals surface area contributed by atoms with Gasteiger partial charge in [0.15, 0.2) is 0 Å². The van der Waals surface area contributed by atoms with Gasteiger partial charge in [-0.2, -0.15) is 5.10 Å². The maximum atomic E-state index is 11.1. The number of amides is 1. The number of carbonyl (C=O) groups is 1. The molecule has 0 aliphatic heterocycles. The van der Waals surface area contributed by atoms with Crippen LogP contribution in [0.2, 0.25) is 0 Å². The van der Waals surface area contributed by atoms with E-state index in [1.807, 2.05) is 18.3 Å². The third-order valence-electron chi connectivity index (χ3n) is 4.35. The van der Waals surface area contributed by atoms with Crippen molar-refractivity contribution < 1.29 is 4.79 Å². The molecule has 2 aromatic rings. The van der Waals surface area contributed by atoms with Crippen molar-refractivity contribution in [2.24, 2.45) is 5.73 Å². The zero-order valence-electron chi connectivity index (χ0n) is 12.9. The van der Waals surface area contributed by atoms with E-state index in [0.29, 0.717) is 11.6 Å². The highest BCUT2D eigenvalue weighted by Gasteiger charge is 2.23. The van der Waals surface area contributed by atoms with E-state index in [1.165, 1.54) is 17.7 Å². The van der Waals surface area contributed by atoms with Gasteiger partial charge in [0, 0.05) is 36.0 Å². The quantitative estimate of drug-likeness (QED) is 0.888. The van der Waals surface area contributed by atoms with Gasteiger partial charge in [0.2, 0.25) is 5.91 Å². The van der Waals surface area contributed by atoms with Crippen LogP contribution >= 0.6 is 0 Å². The summed E-state index contributed by atoms with van der Waals surface area (Å²) in [6.45, 7) is 3.84. The van der Waals surface area contributed by atoms with Gasteiger partial charge in [0.1, 0.15) is 0 Å². The molecule has 1 atom stereocenters. The predicted octanol–water partition coefficient (Wildman–Crippen LogP) is 2.17. The Bertz CT molecular complexity index is 660. The van der Waals surface area contributed by atoms with E-state index < -0.39 is 0 Å². The van der Waals surface area contributed by atoms with E-state index >= 15 is 0 Å². The number of fused-ring (bicyclic) bond motifs is 1. The summed E-state index contributed by atoms with van der Waals surface area (Å²) in [6, 6.07) is 7.82. The maximum absolute atomic E-state index is 11.1. The molecule has 5 nitrogen and oxygen atoms in total. The second kappa shape index (κ2) is 6.32. The molecule has 1 aromatic carbocycles. The summed E-state index contributed by atoms with van der Waals surface area (Å²) in [6.07, 6.45) is 5.46. The average Bonchev–Trinajstić information content (AvgIpc) is 2.97. The Balaban J connectivity index is 1.67. The fourth-order valence-electron chi connectivity index (χ4n) is 3.13. The first-order chi connectivity index (χ1) is 10.7. The second-order valence-corrected chi connectivity index (χ2v) is 5.75. The highest BCUT2D eigenvalue weighted by molar-refractivity contribution is 5.92. The van der Waals surface area contributed by atoms with Crippen molar-refractivity contribution in [2.75, 3.05) is 0 Å². The first kappa shape index (κ1) is 14.8. The molecule has 1 aliphatic carbocycles. The van der Waals surface area contributed by atoms with Crippen LogP contribution < -0.4 is 11.1 Å². The largest absolute Gasteiger partial charge is 0.366 e. The number of nitrogens with two attached hydrogens (primary N) is 1. The SMILES string of the molecule is CCn1ncc2c1CCC[C@@H]2NCc1ccc(C(N)=O)cc1. The summed E-state index contributed by atoms with van der Waals surface area (Å²) in [5.74, 6) is -0.386. The van der Waals surface area contributed by atoms with E-state index in [1.54, 1.807) is 12.1 Å². The van der Waals surface area contributed by atoms with Gasteiger partial charge in [-0.1, -0.05) is 12.1 Å². The van der Waals surface area contributed by atoms with Gasteiger partial charge < -0.3 is 11.1 Å². The molecule has 5 heteroatoms. The minimum absolute atomic E-state index is 0.361. The number of hydrogen-bond donors (Lipinski definition) is 2. The average molecular weight is 298 g/mol. The van der Waals surface area contributed by atoms with Crippen LogP contribution in [0.5, 0.6) is 0 Å². The third kappa shape index (κ3) is 2.90. The lowest BCUT2D eigenvalue weighted by atomic mass is 9.92. The number of nitrogens with one attached hydrogen (secondary N) is 1. The summed E-state index contributed by atoms with van der Waals surface area (Å²) < 4.78 is 2.10. The number of aromatic nitrogens is 2. The van der Waals surface area contributed by atoms with Crippen molar-refractivity contribution in [1.29, 1.82) is 0 Å². The van der Waals surface area contributed by atoms with Crippen LogP contribution in [0.4, 0.5) is 0 Å². The Morgan fingerprint density at radius 3 is 2.86 bits per heavy atom. The van der Waals surface area contributed by atoms with Crippen molar-refractivity contribution in [3.05, 3.63) is 52.8 Å². The van der Waals surface area contributed by atoms with Crippen LogP contribution in [0.1, 0.15) is 53.0 Å². The van der Waals surface area contributed by atoms with Crippen molar-refractivity contribution in [3.63, 3.8) is 0 Å². The standard InChI is InChI=1S/C17H22N4O/c1-2-21-16-5-3-4-15(14(16)11-20-21)19-10-12-6-8-13(9-7-12)17(18)22/h6-9,11,15,19H,2-5,10H2,1H3,(H2,18,22)/t15-/m0/s1. The fraction of sp³-hybridized carbons (Fsp3) is 0.412. The molecule has 1 heterocycles. The van der Waals surface area contributed by atoms with E-state index in [9.17, 15) is 4.79 Å². The summed E-state index contributed by atoms with van der Waals surface area (Å²) in [5, 5.41) is 8.09. The molecule has 0 spiro atoms. The molecule has 1 aliphatic rings. The number of carbonyl (C=O) groups excluding carboxylic acids is 1. The van der Waals surface area contributed by atoms with E-state index in [0.717, 1.165) is 31.5 Å². The Labute approximate surface area is 130 Å². The van der Waals surface area contributed by atoms with Gasteiger partial charge in [-0.05, 0) is 43.9 Å². The summed E-state index contributed by atoms with van der Waals surface area (Å²) in [7, 11) is 0.